The van der Waals surface area contributed by atoms with E-state index in [0.717, 1.165) is 9.86 Å². The Balaban J connectivity index is 1.89. The van der Waals surface area contributed by atoms with Crippen LogP contribution in [0.15, 0.2) is 62.2 Å². The molecule has 1 heterocycles. The van der Waals surface area contributed by atoms with Gasteiger partial charge < -0.3 is 14.5 Å². The first-order chi connectivity index (χ1) is 11.9. The summed E-state index contributed by atoms with van der Waals surface area (Å²) in [6.07, 6.45) is -0.0515. The topological polar surface area (TPSA) is 68.5 Å². The largest absolute Gasteiger partial charge is 0.490 e. The highest BCUT2D eigenvalue weighted by Gasteiger charge is 2.15. The van der Waals surface area contributed by atoms with Crippen LogP contribution in [-0.2, 0) is 0 Å². The van der Waals surface area contributed by atoms with Gasteiger partial charge in [-0.15, -0.1) is 0 Å². The molecular formula is C19H16BrNO4. The number of nitrogens with one attached hydrogen (secondary N) is 1. The normalized spacial score (nSPS) is 10.9. The lowest BCUT2D eigenvalue weighted by molar-refractivity contribution is 0.102. The summed E-state index contributed by atoms with van der Waals surface area (Å²) in [6, 6.07) is 13.3. The summed E-state index contributed by atoms with van der Waals surface area (Å²) < 4.78 is 11.7. The summed E-state index contributed by atoms with van der Waals surface area (Å²) >= 11 is 3.39. The van der Waals surface area contributed by atoms with E-state index >= 15 is 0 Å². The van der Waals surface area contributed by atoms with Crippen molar-refractivity contribution in [2.24, 2.45) is 0 Å². The Morgan fingerprint density at radius 3 is 2.68 bits per heavy atom. The van der Waals surface area contributed by atoms with Crippen LogP contribution >= 0.6 is 15.9 Å². The molecule has 0 aliphatic carbocycles. The van der Waals surface area contributed by atoms with Crippen molar-refractivity contribution in [3.63, 3.8) is 0 Å². The highest BCUT2D eigenvalue weighted by molar-refractivity contribution is 9.10. The Kier molecular flexibility index (Phi) is 4.90. The highest BCUT2D eigenvalue weighted by atomic mass is 79.9. The van der Waals surface area contributed by atoms with Crippen LogP contribution < -0.4 is 15.7 Å². The maximum Gasteiger partial charge on any atom is 0.336 e. The number of hydrogen-bond donors (Lipinski definition) is 1. The Morgan fingerprint density at radius 2 is 1.92 bits per heavy atom. The van der Waals surface area contributed by atoms with Crippen LogP contribution in [0, 0.1) is 0 Å². The zero-order valence-corrected chi connectivity index (χ0v) is 15.3. The van der Waals surface area contributed by atoms with Gasteiger partial charge in [0.25, 0.3) is 5.91 Å². The predicted octanol–water partition coefficient (Wildman–Crippen LogP) is 4.60. The lowest BCUT2D eigenvalue weighted by atomic mass is 10.1. The van der Waals surface area contributed by atoms with Gasteiger partial charge in [0.1, 0.15) is 11.3 Å². The molecule has 2 aromatic carbocycles. The van der Waals surface area contributed by atoms with Crippen molar-refractivity contribution >= 4 is 38.5 Å². The Morgan fingerprint density at radius 1 is 1.12 bits per heavy atom. The number of anilines is 1. The molecule has 0 saturated carbocycles. The number of rotatable bonds is 4. The third-order valence-corrected chi connectivity index (χ3v) is 3.92. The minimum Gasteiger partial charge on any atom is -0.490 e. The van der Waals surface area contributed by atoms with Crippen LogP contribution in [0.1, 0.15) is 24.2 Å². The first-order valence-electron chi connectivity index (χ1n) is 7.74. The molecular weight excluding hydrogens is 386 g/mol. The fraction of sp³-hybridized carbons (Fsp3) is 0.158. The summed E-state index contributed by atoms with van der Waals surface area (Å²) in [5, 5.41) is 3.57. The van der Waals surface area contributed by atoms with E-state index in [1.54, 1.807) is 42.5 Å². The van der Waals surface area contributed by atoms with E-state index in [9.17, 15) is 9.59 Å². The van der Waals surface area contributed by atoms with Gasteiger partial charge in [0, 0.05) is 21.6 Å². The number of fused-ring (bicyclic) bond motifs is 1. The molecule has 1 amide bonds. The summed E-state index contributed by atoms with van der Waals surface area (Å²) in [6.45, 7) is 3.80. The van der Waals surface area contributed by atoms with Gasteiger partial charge in [-0.2, -0.15) is 0 Å². The van der Waals surface area contributed by atoms with E-state index in [4.69, 9.17) is 9.15 Å². The van der Waals surface area contributed by atoms with E-state index in [2.05, 4.69) is 21.2 Å². The highest BCUT2D eigenvalue weighted by Crippen LogP contribution is 2.26. The predicted molar refractivity (Wildman–Crippen MR) is 100 cm³/mol. The van der Waals surface area contributed by atoms with Crippen molar-refractivity contribution < 1.29 is 13.9 Å². The number of carbonyl (C=O) groups is 1. The molecule has 25 heavy (non-hydrogen) atoms. The smallest absolute Gasteiger partial charge is 0.336 e. The molecule has 1 aromatic heterocycles. The third kappa shape index (κ3) is 4.09. The minimum absolute atomic E-state index is 0.0515. The Bertz CT molecular complexity index is 994. The quantitative estimate of drug-likeness (QED) is 0.648. The fourth-order valence-electron chi connectivity index (χ4n) is 2.38. The fourth-order valence-corrected chi connectivity index (χ4v) is 2.72. The molecule has 0 unspecified atom stereocenters. The van der Waals surface area contributed by atoms with Crippen molar-refractivity contribution in [1.29, 1.82) is 0 Å². The number of carbonyl (C=O) groups excluding carboxylic acids is 1. The first kappa shape index (κ1) is 17.2. The van der Waals surface area contributed by atoms with Gasteiger partial charge in [-0.25, -0.2) is 4.79 Å². The molecule has 0 aliphatic rings. The second kappa shape index (κ2) is 7.11. The number of halogens is 1. The maximum atomic E-state index is 12.6. The van der Waals surface area contributed by atoms with Crippen molar-refractivity contribution in [3.8, 4) is 5.75 Å². The average Bonchev–Trinajstić information content (AvgIpc) is 2.54. The first-order valence-corrected chi connectivity index (χ1v) is 8.53. The van der Waals surface area contributed by atoms with Crippen LogP contribution in [0.25, 0.3) is 11.0 Å². The van der Waals surface area contributed by atoms with Crippen molar-refractivity contribution in [2.45, 2.75) is 20.0 Å². The average molecular weight is 402 g/mol. The Hall–Kier alpha value is -2.60. The molecule has 5 nitrogen and oxygen atoms in total. The molecule has 128 valence electrons. The van der Waals surface area contributed by atoms with Gasteiger partial charge in [-0.3, -0.25) is 4.79 Å². The molecule has 6 heteroatoms. The molecule has 3 rings (SSSR count). The molecule has 0 spiro atoms. The van der Waals surface area contributed by atoms with Gasteiger partial charge in [-0.05, 0) is 56.3 Å². The molecule has 0 radical (unpaired) electrons. The molecule has 1 N–H and O–H groups in total. The molecule has 0 aliphatic heterocycles. The van der Waals surface area contributed by atoms with E-state index in [0.29, 0.717) is 22.6 Å². The van der Waals surface area contributed by atoms with Gasteiger partial charge in [0.15, 0.2) is 0 Å². The van der Waals surface area contributed by atoms with E-state index in [1.165, 1.54) is 6.07 Å². The molecule has 0 atom stereocenters. The minimum atomic E-state index is -0.408. The summed E-state index contributed by atoms with van der Waals surface area (Å²) in [5.74, 6) is 0.230. The zero-order chi connectivity index (χ0) is 18.0. The summed E-state index contributed by atoms with van der Waals surface area (Å²) in [7, 11) is 0. The third-order valence-electron chi connectivity index (χ3n) is 3.43. The van der Waals surface area contributed by atoms with Crippen LogP contribution in [0.3, 0.4) is 0 Å². The summed E-state index contributed by atoms with van der Waals surface area (Å²) in [5.41, 5.74) is 1.11. The van der Waals surface area contributed by atoms with Crippen LogP contribution in [0.5, 0.6) is 5.75 Å². The van der Waals surface area contributed by atoms with E-state index in [1.807, 2.05) is 13.8 Å². The molecule has 0 saturated heterocycles. The lowest BCUT2D eigenvalue weighted by Crippen LogP contribution is -2.15. The second-order valence-electron chi connectivity index (χ2n) is 5.77. The van der Waals surface area contributed by atoms with Gasteiger partial charge in [0.2, 0.25) is 0 Å². The SMILES string of the molecule is CC(C)Oc1cc(Br)ccc1C(=O)Nc1ccc2oc(=O)ccc2c1. The second-order valence-corrected chi connectivity index (χ2v) is 6.68. The number of amides is 1. The van der Waals surface area contributed by atoms with Gasteiger partial charge in [-0.1, -0.05) is 15.9 Å². The molecule has 0 fully saturated rings. The molecule has 0 bridgehead atoms. The monoisotopic (exact) mass is 401 g/mol. The van der Waals surface area contributed by atoms with Gasteiger partial charge >= 0.3 is 5.63 Å². The number of ether oxygens (including phenoxy) is 1. The standard InChI is InChI=1S/C19H16BrNO4/c1-11(2)24-17-10-13(20)4-6-15(17)19(23)21-14-5-7-16-12(9-14)3-8-18(22)25-16/h3-11H,1-2H3,(H,21,23). The van der Waals surface area contributed by atoms with Crippen LogP contribution in [0.2, 0.25) is 0 Å². The van der Waals surface area contributed by atoms with E-state index < -0.39 is 5.63 Å². The van der Waals surface area contributed by atoms with Crippen LogP contribution in [0.4, 0.5) is 5.69 Å². The zero-order valence-electron chi connectivity index (χ0n) is 13.7. The maximum absolute atomic E-state index is 12.6. The van der Waals surface area contributed by atoms with E-state index in [-0.39, 0.29) is 12.0 Å². The summed E-state index contributed by atoms with van der Waals surface area (Å²) in [4.78, 5) is 23.9. The van der Waals surface area contributed by atoms with Gasteiger partial charge in [0.05, 0.1) is 11.7 Å². The molecule has 3 aromatic rings. The lowest BCUT2D eigenvalue weighted by Gasteiger charge is -2.14. The van der Waals surface area contributed by atoms with Crippen LogP contribution in [-0.4, -0.2) is 12.0 Å². The van der Waals surface area contributed by atoms with Crippen molar-refractivity contribution in [2.75, 3.05) is 5.32 Å². The Labute approximate surface area is 152 Å². The number of benzene rings is 2. The number of hydrogen-bond acceptors (Lipinski definition) is 4. The van der Waals surface area contributed by atoms with Crippen molar-refractivity contribution in [1.82, 2.24) is 0 Å². The van der Waals surface area contributed by atoms with Crippen molar-refractivity contribution in [3.05, 3.63) is 69.0 Å².